The summed E-state index contributed by atoms with van der Waals surface area (Å²) in [6, 6.07) is -0.169. The quantitative estimate of drug-likeness (QED) is 0.829. The fourth-order valence-electron chi connectivity index (χ4n) is 1.91. The van der Waals surface area contributed by atoms with Gasteiger partial charge in [0.25, 0.3) is 0 Å². The Bertz CT molecular complexity index is 551. The molecule has 1 aliphatic heterocycles. The molecule has 2 unspecified atom stereocenters. The average molecular weight is 321 g/mol. The summed E-state index contributed by atoms with van der Waals surface area (Å²) in [6.45, 7) is 5.24. The maximum Gasteiger partial charge on any atom is 0.416 e. The van der Waals surface area contributed by atoms with Crippen molar-refractivity contribution in [2.24, 2.45) is 0 Å². The lowest BCUT2D eigenvalue weighted by molar-refractivity contribution is -0.138. The first kappa shape index (κ1) is 18.2. The topological polar surface area (TPSA) is 76.9 Å². The fraction of sp³-hybridized carbons (Fsp3) is 0.538. The molecule has 0 bridgehead atoms. The van der Waals surface area contributed by atoms with Crippen molar-refractivity contribution in [1.29, 1.82) is 0 Å². The summed E-state index contributed by atoms with van der Waals surface area (Å²) in [4.78, 5) is 16.9. The number of anilines is 1. The minimum atomic E-state index is -4.60. The lowest BCUT2D eigenvalue weighted by Gasteiger charge is -2.20. The van der Waals surface area contributed by atoms with Gasteiger partial charge in [-0.05, 0) is 18.6 Å². The predicted octanol–water partition coefficient (Wildman–Crippen LogP) is 1.94. The molecular formula is C13H18F3N3O3. The summed E-state index contributed by atoms with van der Waals surface area (Å²) in [5.41, 5.74) is -1.05. The average Bonchev–Trinajstić information content (AvgIpc) is 2.65. The Labute approximate surface area is 125 Å². The molecule has 1 saturated heterocycles. The number of hydrogen-bond acceptors (Lipinski definition) is 4. The third-order valence-corrected chi connectivity index (χ3v) is 3.08. The molecule has 2 amide bonds. The van der Waals surface area contributed by atoms with Crippen molar-refractivity contribution in [1.82, 2.24) is 9.88 Å². The lowest BCUT2D eigenvalue weighted by atomic mass is 10.1. The van der Waals surface area contributed by atoms with E-state index >= 15 is 0 Å². The maximum atomic E-state index is 12.8. The van der Waals surface area contributed by atoms with Crippen molar-refractivity contribution in [2.75, 3.05) is 11.9 Å². The zero-order valence-corrected chi connectivity index (χ0v) is 12.6. The summed E-state index contributed by atoms with van der Waals surface area (Å²) in [5.74, 6) is -0.371. The lowest BCUT2D eigenvalue weighted by Crippen LogP contribution is -2.37. The fourth-order valence-corrected chi connectivity index (χ4v) is 1.91. The van der Waals surface area contributed by atoms with Crippen LogP contribution < -0.4 is 4.90 Å². The molecule has 1 aromatic rings. The van der Waals surface area contributed by atoms with Crippen LogP contribution in [0.5, 0.6) is 0 Å². The zero-order chi connectivity index (χ0) is 17.2. The standard InChI is InChI=1S/C11H12F3N3O3.C2H6/c1-5-4-15-7(3-6(5)11(12,13)14)17-9(19)8(18)16(2)10(17)20;1-2/h3-4,8-9,18-19H,1-2H3;1-2H3. The molecule has 0 aromatic carbocycles. The van der Waals surface area contributed by atoms with E-state index in [-0.39, 0.29) is 11.4 Å². The third kappa shape index (κ3) is 3.14. The van der Waals surface area contributed by atoms with Gasteiger partial charge in [0.2, 0.25) is 0 Å². The number of halogens is 3. The van der Waals surface area contributed by atoms with Crippen LogP contribution in [0.3, 0.4) is 0 Å². The van der Waals surface area contributed by atoms with Crippen LogP contribution in [-0.2, 0) is 6.18 Å². The summed E-state index contributed by atoms with van der Waals surface area (Å²) in [6.07, 6.45) is -6.84. The Kier molecular flexibility index (Phi) is 5.36. The molecule has 6 nitrogen and oxygen atoms in total. The van der Waals surface area contributed by atoms with Gasteiger partial charge in [0.1, 0.15) is 5.82 Å². The van der Waals surface area contributed by atoms with E-state index in [1.165, 1.54) is 14.0 Å². The number of alkyl halides is 3. The third-order valence-electron chi connectivity index (χ3n) is 3.08. The van der Waals surface area contributed by atoms with Gasteiger partial charge < -0.3 is 10.2 Å². The Morgan fingerprint density at radius 1 is 1.23 bits per heavy atom. The Morgan fingerprint density at radius 3 is 2.18 bits per heavy atom. The van der Waals surface area contributed by atoms with Gasteiger partial charge in [-0.1, -0.05) is 13.8 Å². The van der Waals surface area contributed by atoms with Crippen molar-refractivity contribution in [2.45, 2.75) is 39.4 Å². The number of aromatic nitrogens is 1. The molecule has 0 aliphatic carbocycles. The number of carbonyl (C=O) groups is 1. The highest BCUT2D eigenvalue weighted by molar-refractivity contribution is 5.93. The molecule has 9 heteroatoms. The number of pyridine rings is 1. The van der Waals surface area contributed by atoms with Gasteiger partial charge in [0, 0.05) is 13.2 Å². The molecule has 2 heterocycles. The van der Waals surface area contributed by atoms with Crippen LogP contribution in [0, 0.1) is 6.92 Å². The molecule has 0 radical (unpaired) electrons. The SMILES string of the molecule is CC.Cc1cnc(N2C(=O)N(C)C(O)C2O)cc1C(F)(F)F. The Hall–Kier alpha value is -1.87. The van der Waals surface area contributed by atoms with Crippen molar-refractivity contribution < 1.29 is 28.2 Å². The second kappa shape index (κ2) is 6.49. The number of hydrogen-bond donors (Lipinski definition) is 2. The molecule has 2 atom stereocenters. The minimum absolute atomic E-state index is 0.101. The van der Waals surface area contributed by atoms with Gasteiger partial charge in [-0.2, -0.15) is 13.2 Å². The largest absolute Gasteiger partial charge is 0.416 e. The van der Waals surface area contributed by atoms with Crippen LogP contribution in [0.1, 0.15) is 25.0 Å². The van der Waals surface area contributed by atoms with Crippen LogP contribution in [-0.4, -0.2) is 45.6 Å². The summed E-state index contributed by atoms with van der Waals surface area (Å²) in [5, 5.41) is 19.2. The molecule has 0 spiro atoms. The monoisotopic (exact) mass is 321 g/mol. The number of aliphatic hydroxyl groups is 2. The van der Waals surface area contributed by atoms with Crippen LogP contribution in [0.2, 0.25) is 0 Å². The van der Waals surface area contributed by atoms with Gasteiger partial charge in [-0.25, -0.2) is 14.7 Å². The number of nitrogens with zero attached hydrogens (tertiary/aromatic N) is 3. The molecule has 2 rings (SSSR count). The van der Waals surface area contributed by atoms with Crippen molar-refractivity contribution in [3.05, 3.63) is 23.4 Å². The molecule has 1 fully saturated rings. The smallest absolute Gasteiger partial charge is 0.369 e. The van der Waals surface area contributed by atoms with Gasteiger partial charge in [0.15, 0.2) is 12.5 Å². The van der Waals surface area contributed by atoms with E-state index in [2.05, 4.69) is 4.98 Å². The summed E-state index contributed by atoms with van der Waals surface area (Å²) >= 11 is 0. The van der Waals surface area contributed by atoms with Crippen LogP contribution in [0.15, 0.2) is 12.3 Å². The zero-order valence-electron chi connectivity index (χ0n) is 12.6. The van der Waals surface area contributed by atoms with Crippen molar-refractivity contribution in [3.8, 4) is 0 Å². The number of aliphatic hydroxyl groups excluding tert-OH is 2. The first-order chi connectivity index (χ1) is 10.1. The van der Waals surface area contributed by atoms with E-state index in [1.54, 1.807) is 0 Å². The van der Waals surface area contributed by atoms with Crippen molar-refractivity contribution >= 4 is 11.8 Å². The van der Waals surface area contributed by atoms with E-state index in [1.807, 2.05) is 13.8 Å². The van der Waals surface area contributed by atoms with Crippen LogP contribution >= 0.6 is 0 Å². The normalized spacial score (nSPS) is 21.8. The molecule has 0 saturated carbocycles. The van der Waals surface area contributed by atoms with Crippen molar-refractivity contribution in [3.63, 3.8) is 0 Å². The first-order valence-corrected chi connectivity index (χ1v) is 6.60. The van der Waals surface area contributed by atoms with Crippen LogP contribution in [0.4, 0.5) is 23.8 Å². The van der Waals surface area contributed by atoms with E-state index in [4.69, 9.17) is 0 Å². The van der Waals surface area contributed by atoms with Gasteiger partial charge in [0.05, 0.1) is 5.56 Å². The van der Waals surface area contributed by atoms with Gasteiger partial charge in [-0.15, -0.1) is 0 Å². The van der Waals surface area contributed by atoms with E-state index in [9.17, 15) is 28.2 Å². The number of urea groups is 1. The second-order valence-electron chi connectivity index (χ2n) is 4.45. The number of likely N-dealkylation sites (N-methyl/N-ethyl adjacent to an activating group) is 1. The molecule has 124 valence electrons. The van der Waals surface area contributed by atoms with Gasteiger partial charge >= 0.3 is 12.2 Å². The highest BCUT2D eigenvalue weighted by atomic mass is 19.4. The molecule has 1 aliphatic rings. The van der Waals surface area contributed by atoms with Crippen LogP contribution in [0.25, 0.3) is 0 Å². The minimum Gasteiger partial charge on any atom is -0.369 e. The highest BCUT2D eigenvalue weighted by Crippen LogP contribution is 2.34. The summed E-state index contributed by atoms with van der Waals surface area (Å²) < 4.78 is 38.4. The first-order valence-electron chi connectivity index (χ1n) is 6.60. The van der Waals surface area contributed by atoms with Gasteiger partial charge in [-0.3, -0.25) is 4.90 Å². The number of carbonyl (C=O) groups excluding carboxylic acids is 1. The summed E-state index contributed by atoms with van der Waals surface area (Å²) in [7, 11) is 1.22. The Morgan fingerprint density at radius 2 is 1.77 bits per heavy atom. The molecule has 22 heavy (non-hydrogen) atoms. The number of rotatable bonds is 1. The maximum absolute atomic E-state index is 12.8. The number of aryl methyl sites for hydroxylation is 1. The second-order valence-corrected chi connectivity index (χ2v) is 4.45. The number of amides is 2. The molecular weight excluding hydrogens is 303 g/mol. The molecule has 1 aromatic heterocycles. The molecule has 2 N–H and O–H groups in total. The Balaban J connectivity index is 0.00000116. The van der Waals surface area contributed by atoms with E-state index < -0.39 is 30.2 Å². The van der Waals surface area contributed by atoms with E-state index in [0.717, 1.165) is 11.1 Å². The predicted molar refractivity (Wildman–Crippen MR) is 73.0 cm³/mol. The highest BCUT2D eigenvalue weighted by Gasteiger charge is 2.44. The van der Waals surface area contributed by atoms with E-state index in [0.29, 0.717) is 11.0 Å².